The van der Waals surface area contributed by atoms with E-state index in [0.717, 1.165) is 16.9 Å². The molecule has 0 spiro atoms. The number of carbonyl (C=O) groups excluding carboxylic acids is 1. The fourth-order valence-corrected chi connectivity index (χ4v) is 3.02. The predicted molar refractivity (Wildman–Crippen MR) is 86.7 cm³/mol. The van der Waals surface area contributed by atoms with Gasteiger partial charge in [-0.25, -0.2) is 14.5 Å². The van der Waals surface area contributed by atoms with Gasteiger partial charge in [-0.05, 0) is 31.5 Å². The molecule has 4 rings (SSSR count). The van der Waals surface area contributed by atoms with E-state index in [1.54, 1.807) is 17.9 Å². The third-order valence-corrected chi connectivity index (χ3v) is 4.16. The normalized spacial score (nSPS) is 11.7. The van der Waals surface area contributed by atoms with Crippen LogP contribution in [0.1, 0.15) is 40.1 Å². The van der Waals surface area contributed by atoms with Crippen LogP contribution in [0.25, 0.3) is 11.4 Å². The monoisotopic (exact) mass is 334 g/mol. The van der Waals surface area contributed by atoms with Crippen molar-refractivity contribution in [2.45, 2.75) is 20.3 Å². The highest BCUT2D eigenvalue weighted by Gasteiger charge is 2.29. The molecule has 3 aromatic rings. The first-order valence-electron chi connectivity index (χ1n) is 7.83. The number of esters is 1. The molecule has 0 radical (unpaired) electrons. The number of hydrogen-bond acceptors (Lipinski definition) is 6. The average Bonchev–Trinajstić information content (AvgIpc) is 3.17. The first-order valence-corrected chi connectivity index (χ1v) is 7.83. The smallest absolute Gasteiger partial charge is 0.360 e. The van der Waals surface area contributed by atoms with Gasteiger partial charge in [-0.2, -0.15) is 5.26 Å². The van der Waals surface area contributed by atoms with Crippen LogP contribution in [0.3, 0.4) is 0 Å². The molecule has 0 fully saturated rings. The zero-order valence-corrected chi connectivity index (χ0v) is 13.7. The molecule has 0 saturated carbocycles. The van der Waals surface area contributed by atoms with Crippen molar-refractivity contribution in [2.75, 3.05) is 6.61 Å². The molecule has 3 heterocycles. The van der Waals surface area contributed by atoms with Gasteiger partial charge in [-0.3, -0.25) is 4.57 Å². The highest BCUT2D eigenvalue weighted by Crippen LogP contribution is 2.30. The minimum atomic E-state index is -0.524. The van der Waals surface area contributed by atoms with Gasteiger partial charge in [0.05, 0.1) is 29.4 Å². The molecule has 0 aliphatic carbocycles. The third kappa shape index (κ3) is 2.21. The molecule has 8 nitrogen and oxygen atoms in total. The molecule has 0 saturated heterocycles. The van der Waals surface area contributed by atoms with Crippen molar-refractivity contribution in [3.8, 4) is 17.4 Å². The lowest BCUT2D eigenvalue weighted by Gasteiger charge is -2.10. The van der Waals surface area contributed by atoms with Gasteiger partial charge in [-0.1, -0.05) is 11.3 Å². The van der Waals surface area contributed by atoms with Crippen LogP contribution < -0.4 is 0 Å². The molecule has 1 aliphatic heterocycles. The summed E-state index contributed by atoms with van der Waals surface area (Å²) in [5, 5.41) is 17.6. The van der Waals surface area contributed by atoms with Crippen molar-refractivity contribution in [3.63, 3.8) is 0 Å². The van der Waals surface area contributed by atoms with Crippen LogP contribution in [0, 0.1) is 18.3 Å². The van der Waals surface area contributed by atoms with E-state index >= 15 is 0 Å². The first-order chi connectivity index (χ1) is 12.1. The number of carbonyl (C=O) groups is 1. The van der Waals surface area contributed by atoms with Gasteiger partial charge in [0.15, 0.2) is 11.4 Å². The zero-order chi connectivity index (χ0) is 17.6. The molecule has 8 heteroatoms. The van der Waals surface area contributed by atoms with Crippen molar-refractivity contribution < 1.29 is 9.53 Å². The van der Waals surface area contributed by atoms with E-state index in [1.165, 1.54) is 0 Å². The molecular formula is C17H14N6O2. The number of imidazole rings is 1. The Morgan fingerprint density at radius 1 is 1.36 bits per heavy atom. The van der Waals surface area contributed by atoms with E-state index in [-0.39, 0.29) is 12.3 Å². The maximum Gasteiger partial charge on any atom is 0.360 e. The van der Waals surface area contributed by atoms with Gasteiger partial charge < -0.3 is 4.74 Å². The Kier molecular flexibility index (Phi) is 3.35. The van der Waals surface area contributed by atoms with E-state index in [9.17, 15) is 10.1 Å². The van der Waals surface area contributed by atoms with E-state index in [0.29, 0.717) is 23.5 Å². The summed E-state index contributed by atoms with van der Waals surface area (Å²) < 4.78 is 8.59. The summed E-state index contributed by atoms with van der Waals surface area (Å²) in [6.07, 6.45) is 1.92. The number of fused-ring (bicyclic) bond motifs is 5. The van der Waals surface area contributed by atoms with Gasteiger partial charge in [0.2, 0.25) is 0 Å². The Labute approximate surface area is 143 Å². The molecule has 0 amide bonds. The van der Waals surface area contributed by atoms with E-state index in [4.69, 9.17) is 4.74 Å². The highest BCUT2D eigenvalue weighted by atomic mass is 16.5. The lowest BCUT2D eigenvalue weighted by molar-refractivity contribution is 0.0518. The third-order valence-electron chi connectivity index (χ3n) is 4.16. The second-order valence-corrected chi connectivity index (χ2v) is 5.71. The Bertz CT molecular complexity index is 1040. The average molecular weight is 334 g/mol. The predicted octanol–water partition coefficient (Wildman–Crippen LogP) is 1.71. The lowest BCUT2D eigenvalue weighted by atomic mass is 10.1. The summed E-state index contributed by atoms with van der Waals surface area (Å²) in [6.45, 7) is 3.97. The highest BCUT2D eigenvalue weighted by molar-refractivity contribution is 5.88. The fraction of sp³-hybridized carbons (Fsp3) is 0.235. The molecule has 124 valence electrons. The molecular weight excluding hydrogens is 320 g/mol. The van der Waals surface area contributed by atoms with Gasteiger partial charge in [0.1, 0.15) is 12.4 Å². The lowest BCUT2D eigenvalue weighted by Crippen LogP contribution is -2.10. The van der Waals surface area contributed by atoms with Crippen molar-refractivity contribution in [1.82, 2.24) is 24.5 Å². The van der Waals surface area contributed by atoms with E-state index in [2.05, 4.69) is 21.4 Å². The summed E-state index contributed by atoms with van der Waals surface area (Å²) in [7, 11) is 0. The van der Waals surface area contributed by atoms with Crippen LogP contribution in [0.15, 0.2) is 24.5 Å². The van der Waals surface area contributed by atoms with Gasteiger partial charge >= 0.3 is 5.97 Å². The van der Waals surface area contributed by atoms with Crippen LogP contribution in [-0.4, -0.2) is 37.1 Å². The van der Waals surface area contributed by atoms with E-state index in [1.807, 2.05) is 29.7 Å². The van der Waals surface area contributed by atoms with Crippen molar-refractivity contribution >= 4 is 5.97 Å². The molecule has 0 atom stereocenters. The summed E-state index contributed by atoms with van der Waals surface area (Å²) in [4.78, 5) is 16.4. The number of aromatic nitrogens is 5. The molecule has 1 aromatic carbocycles. The number of aryl methyl sites for hydroxylation is 1. The summed E-state index contributed by atoms with van der Waals surface area (Å²) >= 11 is 0. The zero-order valence-electron chi connectivity index (χ0n) is 13.7. The Hall–Kier alpha value is -3.47. The topological polar surface area (TPSA) is 98.6 Å². The molecule has 2 aromatic heterocycles. The van der Waals surface area contributed by atoms with E-state index < -0.39 is 5.97 Å². The Balaban J connectivity index is 2.02. The van der Waals surface area contributed by atoms with Gasteiger partial charge in [0.25, 0.3) is 0 Å². The number of rotatable bonds is 2. The molecule has 25 heavy (non-hydrogen) atoms. The quantitative estimate of drug-likeness (QED) is 0.518. The summed E-state index contributed by atoms with van der Waals surface area (Å²) in [6, 6.07) is 7.98. The second-order valence-electron chi connectivity index (χ2n) is 5.71. The SMILES string of the molecule is CCOC(=O)c1nnn2c1Cc1c(C#N)ncn1-c1ccc(C)cc1-2. The largest absolute Gasteiger partial charge is 0.461 e. The maximum atomic E-state index is 12.2. The molecule has 0 N–H and O–H groups in total. The van der Waals surface area contributed by atoms with Crippen LogP contribution >= 0.6 is 0 Å². The Morgan fingerprint density at radius 3 is 2.96 bits per heavy atom. The van der Waals surface area contributed by atoms with Crippen LogP contribution in [0.5, 0.6) is 0 Å². The second kappa shape index (κ2) is 5.56. The first kappa shape index (κ1) is 15.1. The molecule has 0 unspecified atom stereocenters. The standard InChI is InChI=1S/C17H14N6O2/c1-3-25-17(24)16-15-7-13-11(8-18)19-9-22(13)12-5-4-10(2)6-14(12)23(15)21-20-16/h4-6,9H,3,7H2,1-2H3. The number of ether oxygens (including phenoxy) is 1. The van der Waals surface area contributed by atoms with Gasteiger partial charge in [0, 0.05) is 6.42 Å². The van der Waals surface area contributed by atoms with Crippen molar-refractivity contribution in [1.29, 1.82) is 5.26 Å². The van der Waals surface area contributed by atoms with Crippen LogP contribution in [-0.2, 0) is 11.2 Å². The number of benzene rings is 1. The number of nitrogens with zero attached hydrogens (tertiary/aromatic N) is 6. The maximum absolute atomic E-state index is 12.2. The minimum Gasteiger partial charge on any atom is -0.461 e. The van der Waals surface area contributed by atoms with Gasteiger partial charge in [-0.15, -0.1) is 5.10 Å². The Morgan fingerprint density at radius 2 is 2.20 bits per heavy atom. The number of hydrogen-bond donors (Lipinski definition) is 0. The van der Waals surface area contributed by atoms with Crippen LogP contribution in [0.2, 0.25) is 0 Å². The number of nitriles is 1. The van der Waals surface area contributed by atoms with Crippen molar-refractivity contribution in [2.24, 2.45) is 0 Å². The minimum absolute atomic E-state index is 0.160. The molecule has 0 bridgehead atoms. The summed E-state index contributed by atoms with van der Waals surface area (Å²) in [5.41, 5.74) is 4.40. The fourth-order valence-electron chi connectivity index (χ4n) is 3.02. The van der Waals surface area contributed by atoms with Crippen molar-refractivity contribution in [3.05, 3.63) is 52.9 Å². The van der Waals surface area contributed by atoms with Crippen LogP contribution in [0.4, 0.5) is 0 Å². The summed E-state index contributed by atoms with van der Waals surface area (Å²) in [5.74, 6) is -0.524. The molecule has 1 aliphatic rings.